The first-order valence-electron chi connectivity index (χ1n) is 4.04. The van der Waals surface area contributed by atoms with Crippen LogP contribution >= 0.6 is 0 Å². The lowest BCUT2D eigenvalue weighted by molar-refractivity contribution is 0.213. The first kappa shape index (κ1) is 10.2. The SMILES string of the molecule is CO/N=C(/C)c1cccc(N=C=O)c1. The van der Waals surface area contributed by atoms with Crippen LogP contribution in [-0.2, 0) is 9.63 Å². The number of isocyanates is 1. The van der Waals surface area contributed by atoms with Crippen molar-refractivity contribution in [2.75, 3.05) is 7.11 Å². The largest absolute Gasteiger partial charge is 0.399 e. The number of hydrogen-bond acceptors (Lipinski definition) is 4. The second kappa shape index (κ2) is 4.94. The van der Waals surface area contributed by atoms with Crippen molar-refractivity contribution >= 4 is 17.5 Å². The zero-order valence-electron chi connectivity index (χ0n) is 8.02. The molecule has 0 heterocycles. The van der Waals surface area contributed by atoms with Gasteiger partial charge in [-0.05, 0) is 19.1 Å². The van der Waals surface area contributed by atoms with Crippen molar-refractivity contribution in [3.8, 4) is 0 Å². The number of benzene rings is 1. The van der Waals surface area contributed by atoms with Crippen LogP contribution in [0.15, 0.2) is 34.4 Å². The highest BCUT2D eigenvalue weighted by molar-refractivity contribution is 5.98. The summed E-state index contributed by atoms with van der Waals surface area (Å²) in [6.45, 7) is 1.81. The van der Waals surface area contributed by atoms with Gasteiger partial charge in [-0.15, -0.1) is 0 Å². The van der Waals surface area contributed by atoms with Crippen molar-refractivity contribution in [3.05, 3.63) is 29.8 Å². The van der Waals surface area contributed by atoms with Gasteiger partial charge in [0.2, 0.25) is 6.08 Å². The van der Waals surface area contributed by atoms with Crippen LogP contribution in [-0.4, -0.2) is 18.9 Å². The van der Waals surface area contributed by atoms with E-state index in [9.17, 15) is 4.79 Å². The predicted molar refractivity (Wildman–Crippen MR) is 53.4 cm³/mol. The van der Waals surface area contributed by atoms with Gasteiger partial charge in [0.1, 0.15) is 7.11 Å². The van der Waals surface area contributed by atoms with E-state index in [1.807, 2.05) is 13.0 Å². The fourth-order valence-electron chi connectivity index (χ4n) is 1.04. The average molecular weight is 190 g/mol. The van der Waals surface area contributed by atoms with Gasteiger partial charge in [0.25, 0.3) is 0 Å². The molecule has 1 rings (SSSR count). The Kier molecular flexibility index (Phi) is 3.58. The van der Waals surface area contributed by atoms with Gasteiger partial charge in [-0.1, -0.05) is 17.3 Å². The normalized spacial score (nSPS) is 10.6. The Morgan fingerprint density at radius 3 is 2.93 bits per heavy atom. The molecule has 4 heteroatoms. The summed E-state index contributed by atoms with van der Waals surface area (Å²) in [6, 6.07) is 7.11. The zero-order chi connectivity index (χ0) is 10.4. The first-order chi connectivity index (χ1) is 6.77. The molecule has 0 bridgehead atoms. The van der Waals surface area contributed by atoms with Gasteiger partial charge in [0.05, 0.1) is 11.4 Å². The molecule has 0 radical (unpaired) electrons. The molecule has 14 heavy (non-hydrogen) atoms. The molecule has 0 aliphatic carbocycles. The number of nitrogens with zero attached hydrogens (tertiary/aromatic N) is 2. The number of rotatable bonds is 3. The van der Waals surface area contributed by atoms with E-state index in [4.69, 9.17) is 0 Å². The monoisotopic (exact) mass is 190 g/mol. The molecule has 0 saturated carbocycles. The number of carbonyl (C=O) groups excluding carboxylic acids is 1. The van der Waals surface area contributed by atoms with E-state index in [0.29, 0.717) is 5.69 Å². The molecule has 0 saturated heterocycles. The van der Waals surface area contributed by atoms with Crippen molar-refractivity contribution in [3.63, 3.8) is 0 Å². The first-order valence-corrected chi connectivity index (χ1v) is 4.04. The number of oxime groups is 1. The second-order valence-corrected chi connectivity index (χ2v) is 2.61. The average Bonchev–Trinajstić information content (AvgIpc) is 2.19. The Bertz CT molecular complexity index is 393. The van der Waals surface area contributed by atoms with E-state index < -0.39 is 0 Å². The standard InChI is InChI=1S/C10H10N2O2/c1-8(12-14-2)9-4-3-5-10(6-9)11-7-13/h3-6H,1-2H3/b12-8-. The third kappa shape index (κ3) is 2.54. The summed E-state index contributed by atoms with van der Waals surface area (Å²) in [5, 5.41) is 3.77. The maximum Gasteiger partial charge on any atom is 0.240 e. The van der Waals surface area contributed by atoms with E-state index in [-0.39, 0.29) is 0 Å². The fraction of sp³-hybridized carbons (Fsp3) is 0.200. The summed E-state index contributed by atoms with van der Waals surface area (Å²) < 4.78 is 0. The molecule has 0 fully saturated rings. The second-order valence-electron chi connectivity index (χ2n) is 2.61. The molecular formula is C10H10N2O2. The van der Waals surface area contributed by atoms with Crippen LogP contribution in [0.3, 0.4) is 0 Å². The zero-order valence-corrected chi connectivity index (χ0v) is 8.02. The topological polar surface area (TPSA) is 51.0 Å². The third-order valence-electron chi connectivity index (χ3n) is 1.67. The molecule has 0 spiro atoms. The number of hydrogen-bond donors (Lipinski definition) is 0. The highest BCUT2D eigenvalue weighted by Gasteiger charge is 1.98. The van der Waals surface area contributed by atoms with Crippen LogP contribution < -0.4 is 0 Å². The quantitative estimate of drug-likeness (QED) is 0.416. The maximum atomic E-state index is 10.0. The van der Waals surface area contributed by atoms with Crippen LogP contribution in [0.5, 0.6) is 0 Å². The lowest BCUT2D eigenvalue weighted by Crippen LogP contribution is -1.94. The summed E-state index contributed by atoms with van der Waals surface area (Å²) >= 11 is 0. The van der Waals surface area contributed by atoms with Crippen molar-refractivity contribution in [2.24, 2.45) is 10.1 Å². The van der Waals surface area contributed by atoms with E-state index in [1.165, 1.54) is 13.2 Å². The Hall–Kier alpha value is -1.93. The molecule has 4 nitrogen and oxygen atoms in total. The molecule has 0 aromatic heterocycles. The molecule has 0 unspecified atom stereocenters. The van der Waals surface area contributed by atoms with Crippen LogP contribution in [0.4, 0.5) is 5.69 Å². The van der Waals surface area contributed by atoms with Crippen molar-refractivity contribution < 1.29 is 9.63 Å². The smallest absolute Gasteiger partial charge is 0.240 e. The molecule has 1 aromatic carbocycles. The van der Waals surface area contributed by atoms with Gasteiger partial charge >= 0.3 is 0 Å². The van der Waals surface area contributed by atoms with Crippen LogP contribution in [0, 0.1) is 0 Å². The summed E-state index contributed by atoms with van der Waals surface area (Å²) in [7, 11) is 1.48. The van der Waals surface area contributed by atoms with Crippen LogP contribution in [0.1, 0.15) is 12.5 Å². The fourth-order valence-corrected chi connectivity index (χ4v) is 1.04. The van der Waals surface area contributed by atoms with Gasteiger partial charge in [-0.3, -0.25) is 0 Å². The minimum atomic E-state index is 0.558. The Balaban J connectivity index is 3.05. The Morgan fingerprint density at radius 2 is 2.29 bits per heavy atom. The maximum absolute atomic E-state index is 10.0. The molecule has 0 atom stereocenters. The van der Waals surface area contributed by atoms with E-state index in [2.05, 4.69) is 15.0 Å². The van der Waals surface area contributed by atoms with Gasteiger partial charge in [-0.2, -0.15) is 4.99 Å². The van der Waals surface area contributed by atoms with Crippen LogP contribution in [0.2, 0.25) is 0 Å². The van der Waals surface area contributed by atoms with E-state index in [0.717, 1.165) is 11.3 Å². The predicted octanol–water partition coefficient (Wildman–Crippen LogP) is 2.02. The molecule has 0 amide bonds. The summed E-state index contributed by atoms with van der Waals surface area (Å²) in [5.74, 6) is 0. The van der Waals surface area contributed by atoms with Gasteiger partial charge in [0, 0.05) is 5.56 Å². The highest BCUT2D eigenvalue weighted by Crippen LogP contribution is 2.13. The summed E-state index contributed by atoms with van der Waals surface area (Å²) in [4.78, 5) is 18.2. The molecule has 72 valence electrons. The minimum absolute atomic E-state index is 0.558. The van der Waals surface area contributed by atoms with Crippen molar-refractivity contribution in [2.45, 2.75) is 6.92 Å². The highest BCUT2D eigenvalue weighted by atomic mass is 16.6. The van der Waals surface area contributed by atoms with Gasteiger partial charge < -0.3 is 4.84 Å². The molecule has 0 N–H and O–H groups in total. The summed E-state index contributed by atoms with van der Waals surface area (Å²) in [5.41, 5.74) is 2.15. The molecular weight excluding hydrogens is 180 g/mol. The Labute approximate surface area is 81.9 Å². The lowest BCUT2D eigenvalue weighted by Gasteiger charge is -1.99. The lowest BCUT2D eigenvalue weighted by atomic mass is 10.1. The molecule has 0 aliphatic heterocycles. The van der Waals surface area contributed by atoms with Crippen molar-refractivity contribution in [1.29, 1.82) is 0 Å². The van der Waals surface area contributed by atoms with Gasteiger partial charge in [0.15, 0.2) is 0 Å². The van der Waals surface area contributed by atoms with E-state index in [1.54, 1.807) is 18.2 Å². The van der Waals surface area contributed by atoms with Crippen LogP contribution in [0.25, 0.3) is 0 Å². The Morgan fingerprint density at radius 1 is 1.50 bits per heavy atom. The van der Waals surface area contributed by atoms with Crippen molar-refractivity contribution in [1.82, 2.24) is 0 Å². The van der Waals surface area contributed by atoms with Gasteiger partial charge in [-0.25, -0.2) is 4.79 Å². The summed E-state index contributed by atoms with van der Waals surface area (Å²) in [6.07, 6.45) is 1.49. The number of aliphatic imine (C=N–C) groups is 1. The third-order valence-corrected chi connectivity index (χ3v) is 1.67. The molecule has 0 aliphatic rings. The molecule has 1 aromatic rings. The van der Waals surface area contributed by atoms with E-state index >= 15 is 0 Å². The minimum Gasteiger partial charge on any atom is -0.399 e.